The van der Waals surface area contributed by atoms with E-state index in [0.29, 0.717) is 62.9 Å². The largest absolute Gasteiger partial charge is 0.379 e. The van der Waals surface area contributed by atoms with Gasteiger partial charge >= 0.3 is 6.03 Å². The summed E-state index contributed by atoms with van der Waals surface area (Å²) in [7, 11) is 10.0. The lowest BCUT2D eigenvalue weighted by atomic mass is 9.85. The van der Waals surface area contributed by atoms with Crippen molar-refractivity contribution in [1.29, 1.82) is 0 Å². The number of ketones is 2. The molecule has 2 aliphatic heterocycles. The van der Waals surface area contributed by atoms with Crippen LogP contribution in [0.25, 0.3) is 0 Å². The zero-order valence-electron chi connectivity index (χ0n) is 60.1. The van der Waals surface area contributed by atoms with Crippen LogP contribution in [0.4, 0.5) is 10.5 Å². The average molecular weight is 1340 g/mol. The number of carbonyl (C=O) groups is 11. The lowest BCUT2D eigenvalue weighted by molar-refractivity contribution is -0.148. The first-order valence-electron chi connectivity index (χ1n) is 34.6. The monoisotopic (exact) mass is 1340 g/mol. The number of piperidine rings is 1. The van der Waals surface area contributed by atoms with Crippen LogP contribution in [0, 0.1) is 47.3 Å². The van der Waals surface area contributed by atoms with Gasteiger partial charge in [-0.2, -0.15) is 0 Å². The molecule has 24 heteroatoms. The summed E-state index contributed by atoms with van der Waals surface area (Å²) in [5, 5.41) is 17.0. The van der Waals surface area contributed by atoms with E-state index in [9.17, 15) is 52.7 Å². The van der Waals surface area contributed by atoms with Crippen molar-refractivity contribution < 1.29 is 62.2 Å². The molecule has 96 heavy (non-hydrogen) atoms. The topological polar surface area (TPSA) is 317 Å². The highest BCUT2D eigenvalue weighted by atomic mass is 16.5. The Bertz CT molecular complexity index is 2880. The summed E-state index contributed by atoms with van der Waals surface area (Å²) in [6.45, 7) is 20.0. The van der Waals surface area contributed by atoms with E-state index in [4.69, 9.17) is 15.2 Å². The van der Waals surface area contributed by atoms with Gasteiger partial charge < -0.3 is 61.8 Å². The van der Waals surface area contributed by atoms with E-state index in [2.05, 4.69) is 31.9 Å². The van der Waals surface area contributed by atoms with Crippen LogP contribution in [0.3, 0.4) is 0 Å². The van der Waals surface area contributed by atoms with Gasteiger partial charge in [-0.1, -0.05) is 111 Å². The van der Waals surface area contributed by atoms with Gasteiger partial charge in [0.25, 0.3) is 0 Å². The molecule has 0 aliphatic carbocycles. The van der Waals surface area contributed by atoms with Crippen LogP contribution in [0.15, 0.2) is 54.6 Å². The molecule has 0 spiro atoms. The van der Waals surface area contributed by atoms with Crippen molar-refractivity contribution in [1.82, 2.24) is 46.2 Å². The maximum atomic E-state index is 14.7. The summed E-state index contributed by atoms with van der Waals surface area (Å²) in [5.41, 5.74) is 7.26. The molecule has 536 valence electrons. The summed E-state index contributed by atoms with van der Waals surface area (Å²) in [6, 6.07) is 12.1. The van der Waals surface area contributed by atoms with Gasteiger partial charge in [0.05, 0.1) is 42.8 Å². The third-order valence-electron chi connectivity index (χ3n) is 19.4. The summed E-state index contributed by atoms with van der Waals surface area (Å²) < 4.78 is 12.2. The maximum absolute atomic E-state index is 14.7. The molecule has 0 bridgehead atoms. The smallest absolute Gasteiger partial charge is 0.312 e. The molecule has 2 fully saturated rings. The Labute approximate surface area is 570 Å². The fourth-order valence-corrected chi connectivity index (χ4v) is 13.8. The molecule has 0 unspecified atom stereocenters. The van der Waals surface area contributed by atoms with E-state index in [1.54, 1.807) is 73.8 Å². The number of nitrogens with zero attached hydrogens (tertiary/aromatic N) is 4. The van der Waals surface area contributed by atoms with Crippen LogP contribution in [0.2, 0.25) is 0 Å². The number of likely N-dealkylation sites (N-methyl/N-ethyl adjacent to an activating group) is 2. The van der Waals surface area contributed by atoms with E-state index >= 15 is 0 Å². The predicted molar refractivity (Wildman–Crippen MR) is 369 cm³/mol. The number of urea groups is 1. The SMILES string of the molecule is CC[C@H](C)[C@@H]([C@@H](CC(=O)N1CCC[C@H]1[C@H](OC)[C@@H](C)C(=O)C[C@@H](Cc1ccccc1)C(=O)NCc1ccc(NC(=O)[C@H](CCCNC(N)=O)CC(=O)[C@@H](NC(=O)CCC(=O)N2CC[C@H](C(=O)NC)C[C@@H]2C)C(C)C)cc1)OC)N(C)C(=O)[C@@H](NC(=O)[C@H](C(C)C)N(C)C)C(C)C. The van der Waals surface area contributed by atoms with E-state index in [0.717, 1.165) is 5.56 Å². The van der Waals surface area contributed by atoms with Crippen molar-refractivity contribution in [2.45, 2.75) is 208 Å². The number of hydrogen-bond acceptors (Lipinski definition) is 14. The van der Waals surface area contributed by atoms with Gasteiger partial charge in [0, 0.05) is 116 Å². The number of nitrogens with one attached hydrogen (secondary N) is 6. The van der Waals surface area contributed by atoms with E-state index < -0.39 is 78.0 Å². The molecule has 2 heterocycles. The quantitative estimate of drug-likeness (QED) is 0.0377. The fraction of sp³-hybridized carbons (Fsp3) is 0.681. The summed E-state index contributed by atoms with van der Waals surface area (Å²) in [5.74, 6) is -6.13. The van der Waals surface area contributed by atoms with Gasteiger partial charge in [0.15, 0.2) is 5.78 Å². The minimum atomic E-state index is -0.955. The number of carbonyl (C=O) groups excluding carboxylic acids is 11. The van der Waals surface area contributed by atoms with Crippen molar-refractivity contribution in [2.24, 2.45) is 53.1 Å². The first-order chi connectivity index (χ1) is 45.4. The predicted octanol–water partition coefficient (Wildman–Crippen LogP) is 6.02. The van der Waals surface area contributed by atoms with Crippen LogP contribution in [-0.4, -0.2) is 195 Å². The third-order valence-corrected chi connectivity index (χ3v) is 19.4. The zero-order valence-corrected chi connectivity index (χ0v) is 60.1. The molecule has 8 N–H and O–H groups in total. The summed E-state index contributed by atoms with van der Waals surface area (Å²) >= 11 is 0. The molecule has 2 saturated heterocycles. The number of nitrogens with two attached hydrogens (primary N) is 1. The molecule has 10 amide bonds. The van der Waals surface area contributed by atoms with E-state index in [1.807, 2.05) is 97.8 Å². The highest BCUT2D eigenvalue weighted by Gasteiger charge is 2.44. The summed E-state index contributed by atoms with van der Waals surface area (Å²) in [4.78, 5) is 157. The molecule has 2 aliphatic rings. The Balaban J connectivity index is 1.43. The minimum absolute atomic E-state index is 0.00190. The Morgan fingerprint density at radius 1 is 0.677 bits per heavy atom. The van der Waals surface area contributed by atoms with Crippen molar-refractivity contribution in [2.75, 3.05) is 67.4 Å². The zero-order chi connectivity index (χ0) is 71.7. The number of hydrogen-bond donors (Lipinski definition) is 7. The molecule has 4 rings (SSSR count). The van der Waals surface area contributed by atoms with Crippen LogP contribution < -0.4 is 37.6 Å². The van der Waals surface area contributed by atoms with Crippen LogP contribution in [-0.2, 0) is 70.4 Å². The van der Waals surface area contributed by atoms with Crippen LogP contribution in [0.5, 0.6) is 0 Å². The Kier molecular flexibility index (Phi) is 33.6. The van der Waals surface area contributed by atoms with Crippen LogP contribution >= 0.6 is 0 Å². The number of rotatable bonds is 39. The number of anilines is 1. The number of amides is 10. The van der Waals surface area contributed by atoms with Crippen molar-refractivity contribution in [3.8, 4) is 0 Å². The minimum Gasteiger partial charge on any atom is -0.379 e. The number of primary amides is 1. The molecule has 24 nitrogen and oxygen atoms in total. The molecule has 0 saturated carbocycles. The number of likely N-dealkylation sites (tertiary alicyclic amines) is 2. The number of ether oxygens (including phenoxy) is 2. The van der Waals surface area contributed by atoms with Gasteiger partial charge in [0.1, 0.15) is 11.8 Å². The molecular weight excluding hydrogens is 1230 g/mol. The first kappa shape index (κ1) is 81.1. The van der Waals surface area contributed by atoms with Gasteiger partial charge in [-0.3, -0.25) is 52.8 Å². The molecular formula is C72H115N11O13. The number of benzene rings is 2. The number of Topliss-reactive ketones (excluding diaryl/α,β-unsaturated/α-hetero) is 2. The highest BCUT2D eigenvalue weighted by Crippen LogP contribution is 2.32. The molecule has 2 aromatic carbocycles. The highest BCUT2D eigenvalue weighted by molar-refractivity contribution is 5.98. The fourth-order valence-electron chi connectivity index (χ4n) is 13.8. The van der Waals surface area contributed by atoms with E-state index in [1.165, 1.54) is 14.2 Å². The molecule has 0 aromatic heterocycles. The second-order valence-electron chi connectivity index (χ2n) is 27.8. The first-order valence-corrected chi connectivity index (χ1v) is 34.6. The summed E-state index contributed by atoms with van der Waals surface area (Å²) in [6.07, 6.45) is 1.71. The van der Waals surface area contributed by atoms with Crippen molar-refractivity contribution in [3.63, 3.8) is 0 Å². The van der Waals surface area contributed by atoms with Gasteiger partial charge in [-0.15, -0.1) is 0 Å². The van der Waals surface area contributed by atoms with Gasteiger partial charge in [-0.25, -0.2) is 4.79 Å². The van der Waals surface area contributed by atoms with E-state index in [-0.39, 0.29) is 141 Å². The third kappa shape index (κ3) is 24.0. The Morgan fingerprint density at radius 2 is 1.32 bits per heavy atom. The van der Waals surface area contributed by atoms with Crippen LogP contribution in [0.1, 0.15) is 157 Å². The Hall–Kier alpha value is -7.31. The molecule has 13 atom stereocenters. The maximum Gasteiger partial charge on any atom is 0.312 e. The second kappa shape index (κ2) is 39.8. The number of methoxy groups -OCH3 is 2. The molecule has 0 radical (unpaired) electrons. The van der Waals surface area contributed by atoms with Gasteiger partial charge in [0.2, 0.25) is 47.3 Å². The second-order valence-corrected chi connectivity index (χ2v) is 27.8. The lowest BCUT2D eigenvalue weighted by Gasteiger charge is -2.41. The normalized spacial score (nSPS) is 18.8. The molecule has 2 aromatic rings. The van der Waals surface area contributed by atoms with Gasteiger partial charge in [-0.05, 0) is 113 Å². The Morgan fingerprint density at radius 3 is 1.89 bits per heavy atom. The van der Waals surface area contributed by atoms with Crippen molar-refractivity contribution in [3.05, 3.63) is 65.7 Å². The average Bonchev–Trinajstić information content (AvgIpc) is 1.53. The van der Waals surface area contributed by atoms with Crippen molar-refractivity contribution >= 4 is 70.5 Å². The standard InChI is InChI=1S/C72H115N11O13/c1-17-46(8)65(81(14)71(93)63(44(4)5)79-70(92)64(45(6)7)80(12)13)58(95-15)41-61(88)83-35-22-26-55(83)66(96-16)48(10)56(84)40-53(38-49-23-19-18-20-24-49)68(90)76-42-50-27-29-54(30-28-50)77-69(91)51(25-21-34-75-72(73)94)39-57(85)62(43(2)3)78-59(86)31-32-60(87)82-36-33-52(37-47(82)9)67(89)74-11/h18-20,23-24,27-30,43-48,51-53,55,58,62-66H,17,21-22,25-26,31-42H2,1-16H3,(H,74,89)(H,76,90)(H,77,91)(H,78,86)(H,79,92)(H3,73,75,94)/t46-,47-,48-,51+,52-,53+,55-,58+,62-,63-,64-,65-,66+/m0/s1. The lowest BCUT2D eigenvalue weighted by Crippen LogP contribution is -2.59.